The van der Waals surface area contributed by atoms with Crippen molar-refractivity contribution in [3.8, 4) is 0 Å². The van der Waals surface area contributed by atoms with Crippen molar-refractivity contribution in [1.82, 2.24) is 10.2 Å². The third-order valence-corrected chi connectivity index (χ3v) is 3.18. The Hall–Kier alpha value is -0.610. The summed E-state index contributed by atoms with van der Waals surface area (Å²) in [6.07, 6.45) is 2.79. The SMILES string of the molecule is CCC(NC1CCN(CC)CC1)C(=O)O. The molecule has 4 nitrogen and oxygen atoms in total. The molecule has 15 heavy (non-hydrogen) atoms. The lowest BCUT2D eigenvalue weighted by molar-refractivity contribution is -0.139. The van der Waals surface area contributed by atoms with Crippen molar-refractivity contribution in [1.29, 1.82) is 0 Å². The molecule has 0 bridgehead atoms. The average Bonchev–Trinajstić information content (AvgIpc) is 2.26. The fourth-order valence-electron chi connectivity index (χ4n) is 2.06. The van der Waals surface area contributed by atoms with Crippen LogP contribution in [0.1, 0.15) is 33.1 Å². The molecule has 1 aliphatic rings. The first-order chi connectivity index (χ1) is 7.17. The highest BCUT2D eigenvalue weighted by Crippen LogP contribution is 2.11. The Kier molecular flexibility index (Phi) is 5.05. The van der Waals surface area contributed by atoms with Crippen molar-refractivity contribution in [2.45, 2.75) is 45.2 Å². The zero-order valence-electron chi connectivity index (χ0n) is 9.70. The first kappa shape index (κ1) is 12.5. The van der Waals surface area contributed by atoms with E-state index in [-0.39, 0.29) is 6.04 Å². The lowest BCUT2D eigenvalue weighted by atomic mass is 10.0. The van der Waals surface area contributed by atoms with Crippen LogP contribution in [0, 0.1) is 0 Å². The molecular weight excluding hydrogens is 192 g/mol. The molecular formula is C11H22N2O2. The highest BCUT2D eigenvalue weighted by atomic mass is 16.4. The number of nitrogens with one attached hydrogen (secondary N) is 1. The van der Waals surface area contributed by atoms with Crippen LogP contribution < -0.4 is 5.32 Å². The van der Waals surface area contributed by atoms with Gasteiger partial charge < -0.3 is 15.3 Å². The summed E-state index contributed by atoms with van der Waals surface area (Å²) in [5.41, 5.74) is 0. The number of hydrogen-bond acceptors (Lipinski definition) is 3. The largest absolute Gasteiger partial charge is 0.480 e. The zero-order valence-corrected chi connectivity index (χ0v) is 9.70. The number of piperidine rings is 1. The van der Waals surface area contributed by atoms with E-state index in [1.165, 1.54) is 0 Å². The van der Waals surface area contributed by atoms with Gasteiger partial charge in [-0.2, -0.15) is 0 Å². The van der Waals surface area contributed by atoms with Crippen molar-refractivity contribution in [2.75, 3.05) is 19.6 Å². The molecule has 1 rings (SSSR count). The highest BCUT2D eigenvalue weighted by Gasteiger charge is 2.23. The van der Waals surface area contributed by atoms with E-state index in [9.17, 15) is 4.79 Å². The standard InChI is InChI=1S/C11H22N2O2/c1-3-10(11(14)15)12-9-5-7-13(4-2)8-6-9/h9-10,12H,3-8H2,1-2H3,(H,14,15). The zero-order chi connectivity index (χ0) is 11.3. The van der Waals surface area contributed by atoms with E-state index in [1.54, 1.807) is 0 Å². The first-order valence-electron chi connectivity index (χ1n) is 5.88. The van der Waals surface area contributed by atoms with Crippen molar-refractivity contribution >= 4 is 5.97 Å². The minimum Gasteiger partial charge on any atom is -0.480 e. The number of nitrogens with zero attached hydrogens (tertiary/aromatic N) is 1. The predicted molar refractivity (Wildman–Crippen MR) is 60.0 cm³/mol. The minimum absolute atomic E-state index is 0.372. The lowest BCUT2D eigenvalue weighted by Crippen LogP contribution is -2.48. The number of carboxylic acid groups (broad SMARTS) is 1. The minimum atomic E-state index is -0.726. The van der Waals surface area contributed by atoms with Gasteiger partial charge >= 0.3 is 5.97 Å². The monoisotopic (exact) mass is 214 g/mol. The molecule has 0 aromatic carbocycles. The predicted octanol–water partition coefficient (Wildman–Crippen LogP) is 0.923. The number of carboxylic acids is 1. The topological polar surface area (TPSA) is 52.6 Å². The fraction of sp³-hybridized carbons (Fsp3) is 0.909. The van der Waals surface area contributed by atoms with Crippen molar-refractivity contribution in [3.05, 3.63) is 0 Å². The van der Waals surface area contributed by atoms with Crippen LogP contribution in [0.4, 0.5) is 0 Å². The number of rotatable bonds is 5. The van der Waals surface area contributed by atoms with Crippen LogP contribution in [0.15, 0.2) is 0 Å². The smallest absolute Gasteiger partial charge is 0.320 e. The summed E-state index contributed by atoms with van der Waals surface area (Å²) in [5.74, 6) is -0.726. The van der Waals surface area contributed by atoms with Gasteiger partial charge in [-0.05, 0) is 38.9 Å². The second kappa shape index (κ2) is 6.08. The van der Waals surface area contributed by atoms with Crippen LogP contribution in [-0.2, 0) is 4.79 Å². The summed E-state index contributed by atoms with van der Waals surface area (Å²) in [4.78, 5) is 13.3. The Balaban J connectivity index is 2.31. The molecule has 0 aromatic rings. The molecule has 0 aromatic heterocycles. The normalized spacial score (nSPS) is 21.5. The van der Waals surface area contributed by atoms with E-state index in [2.05, 4.69) is 17.1 Å². The Bertz CT molecular complexity index is 201. The summed E-state index contributed by atoms with van der Waals surface area (Å²) in [6.45, 7) is 7.35. The first-order valence-corrected chi connectivity index (χ1v) is 5.88. The van der Waals surface area contributed by atoms with Gasteiger partial charge in [0.1, 0.15) is 6.04 Å². The molecule has 88 valence electrons. The molecule has 0 aliphatic carbocycles. The van der Waals surface area contributed by atoms with Crippen LogP contribution in [0.25, 0.3) is 0 Å². The van der Waals surface area contributed by atoms with Gasteiger partial charge in [0.15, 0.2) is 0 Å². The Morgan fingerprint density at radius 2 is 2.07 bits per heavy atom. The van der Waals surface area contributed by atoms with Gasteiger partial charge in [0.05, 0.1) is 0 Å². The van der Waals surface area contributed by atoms with Gasteiger partial charge in [-0.3, -0.25) is 4.79 Å². The quantitative estimate of drug-likeness (QED) is 0.714. The average molecular weight is 214 g/mol. The van der Waals surface area contributed by atoms with Gasteiger partial charge in [-0.25, -0.2) is 0 Å². The second-order valence-electron chi connectivity index (χ2n) is 4.17. The summed E-state index contributed by atoms with van der Waals surface area (Å²) in [5, 5.41) is 12.2. The molecule has 1 saturated heterocycles. The van der Waals surface area contributed by atoms with Crippen LogP contribution in [0.5, 0.6) is 0 Å². The molecule has 1 aliphatic heterocycles. The molecule has 0 amide bonds. The van der Waals surface area contributed by atoms with E-state index in [0.717, 1.165) is 32.5 Å². The van der Waals surface area contributed by atoms with Gasteiger partial charge in [0, 0.05) is 6.04 Å². The fourth-order valence-corrected chi connectivity index (χ4v) is 2.06. The van der Waals surface area contributed by atoms with Crippen molar-refractivity contribution in [2.24, 2.45) is 0 Å². The van der Waals surface area contributed by atoms with E-state index < -0.39 is 5.97 Å². The molecule has 1 heterocycles. The van der Waals surface area contributed by atoms with Gasteiger partial charge in [-0.1, -0.05) is 13.8 Å². The molecule has 1 unspecified atom stereocenters. The molecule has 2 N–H and O–H groups in total. The highest BCUT2D eigenvalue weighted by molar-refractivity contribution is 5.73. The number of hydrogen-bond donors (Lipinski definition) is 2. The Labute approximate surface area is 91.6 Å². The van der Waals surface area contributed by atoms with Crippen LogP contribution in [0.2, 0.25) is 0 Å². The Morgan fingerprint density at radius 3 is 2.47 bits per heavy atom. The molecule has 0 saturated carbocycles. The molecule has 0 radical (unpaired) electrons. The maximum Gasteiger partial charge on any atom is 0.320 e. The Morgan fingerprint density at radius 1 is 1.47 bits per heavy atom. The van der Waals surface area contributed by atoms with Crippen LogP contribution in [-0.4, -0.2) is 47.7 Å². The molecule has 1 fully saturated rings. The third kappa shape index (κ3) is 3.80. The van der Waals surface area contributed by atoms with Crippen LogP contribution >= 0.6 is 0 Å². The van der Waals surface area contributed by atoms with E-state index in [4.69, 9.17) is 5.11 Å². The number of aliphatic carboxylic acids is 1. The van der Waals surface area contributed by atoms with Crippen molar-refractivity contribution < 1.29 is 9.90 Å². The summed E-state index contributed by atoms with van der Waals surface area (Å²) < 4.78 is 0. The molecule has 1 atom stereocenters. The van der Waals surface area contributed by atoms with Crippen molar-refractivity contribution in [3.63, 3.8) is 0 Å². The number of likely N-dealkylation sites (tertiary alicyclic amines) is 1. The second-order valence-corrected chi connectivity index (χ2v) is 4.17. The van der Waals surface area contributed by atoms with Gasteiger partial charge in [0.2, 0.25) is 0 Å². The van der Waals surface area contributed by atoms with E-state index >= 15 is 0 Å². The van der Waals surface area contributed by atoms with Gasteiger partial charge in [-0.15, -0.1) is 0 Å². The summed E-state index contributed by atoms with van der Waals surface area (Å²) >= 11 is 0. The molecule has 4 heteroatoms. The lowest BCUT2D eigenvalue weighted by Gasteiger charge is -2.32. The van der Waals surface area contributed by atoms with E-state index in [0.29, 0.717) is 12.5 Å². The van der Waals surface area contributed by atoms with Crippen LogP contribution in [0.3, 0.4) is 0 Å². The van der Waals surface area contributed by atoms with Gasteiger partial charge in [0.25, 0.3) is 0 Å². The van der Waals surface area contributed by atoms with E-state index in [1.807, 2.05) is 6.92 Å². The number of carbonyl (C=O) groups is 1. The summed E-state index contributed by atoms with van der Waals surface area (Å²) in [7, 11) is 0. The maximum absolute atomic E-state index is 10.9. The molecule has 0 spiro atoms. The third-order valence-electron chi connectivity index (χ3n) is 3.18. The summed E-state index contributed by atoms with van der Waals surface area (Å²) in [6, 6.07) is 0.0111. The maximum atomic E-state index is 10.9.